The van der Waals surface area contributed by atoms with Crippen LogP contribution in [0, 0.1) is 17.1 Å². The van der Waals surface area contributed by atoms with Crippen LogP contribution >= 0.6 is 12.4 Å². The number of ether oxygens (including phenoxy) is 1. The number of alkyl halides is 3. The van der Waals surface area contributed by atoms with E-state index in [1.165, 1.54) is 37.7 Å². The Bertz CT molecular complexity index is 1600. The van der Waals surface area contributed by atoms with E-state index in [1.807, 2.05) is 6.07 Å². The van der Waals surface area contributed by atoms with Gasteiger partial charge in [0.1, 0.15) is 35.8 Å². The minimum Gasteiger partial charge on any atom is -0.496 e. The summed E-state index contributed by atoms with van der Waals surface area (Å²) in [5.74, 6) is 0.310. The molecule has 4 heterocycles. The molecule has 9 nitrogen and oxygen atoms in total. The van der Waals surface area contributed by atoms with E-state index in [0.717, 1.165) is 17.5 Å². The number of anilines is 3. The van der Waals surface area contributed by atoms with Crippen LogP contribution in [0.15, 0.2) is 55.0 Å². The summed E-state index contributed by atoms with van der Waals surface area (Å²) in [6, 6.07) is 11.2. The van der Waals surface area contributed by atoms with Crippen LogP contribution in [0.3, 0.4) is 0 Å². The highest BCUT2D eigenvalue weighted by Crippen LogP contribution is 2.36. The number of pyridine rings is 2. The number of rotatable bonds is 7. The second-order valence-corrected chi connectivity index (χ2v) is 9.62. The van der Waals surface area contributed by atoms with Crippen molar-refractivity contribution >= 4 is 29.7 Å². The Morgan fingerprint density at radius 3 is 2.71 bits per heavy atom. The summed E-state index contributed by atoms with van der Waals surface area (Å²) < 4.78 is 59.7. The molecule has 1 fully saturated rings. The molecule has 0 amide bonds. The number of methoxy groups -OCH3 is 1. The second kappa shape index (κ2) is 12.6. The molecule has 42 heavy (non-hydrogen) atoms. The van der Waals surface area contributed by atoms with Gasteiger partial charge in [0.05, 0.1) is 30.1 Å². The van der Waals surface area contributed by atoms with Gasteiger partial charge in [-0.3, -0.25) is 4.68 Å². The van der Waals surface area contributed by atoms with E-state index in [1.54, 1.807) is 24.4 Å². The Balaban J connectivity index is 0.00000405. The van der Waals surface area contributed by atoms with Gasteiger partial charge in [-0.25, -0.2) is 14.4 Å². The van der Waals surface area contributed by atoms with Crippen molar-refractivity contribution in [2.24, 2.45) is 5.73 Å². The van der Waals surface area contributed by atoms with E-state index in [9.17, 15) is 22.8 Å². The number of hydrogen-bond acceptors (Lipinski definition) is 8. The van der Waals surface area contributed by atoms with Crippen LogP contribution in [-0.4, -0.2) is 52.2 Å². The first kappa shape index (κ1) is 30.5. The number of nitriles is 1. The summed E-state index contributed by atoms with van der Waals surface area (Å²) in [4.78, 5) is 11.0. The lowest BCUT2D eigenvalue weighted by molar-refractivity contribution is -0.142. The van der Waals surface area contributed by atoms with Crippen LogP contribution in [0.2, 0.25) is 0 Å². The first-order chi connectivity index (χ1) is 19.6. The smallest absolute Gasteiger partial charge is 0.408 e. The monoisotopic (exact) mass is 602 g/mol. The van der Waals surface area contributed by atoms with Gasteiger partial charge in [-0.2, -0.15) is 23.5 Å². The summed E-state index contributed by atoms with van der Waals surface area (Å²) in [5.41, 5.74) is 8.33. The number of nitrogens with one attached hydrogen (secondary N) is 1. The molecule has 1 aliphatic rings. The normalized spacial score (nSPS) is 15.1. The van der Waals surface area contributed by atoms with Gasteiger partial charge in [-0.15, -0.1) is 12.4 Å². The van der Waals surface area contributed by atoms with Crippen LogP contribution in [0.5, 0.6) is 5.75 Å². The highest BCUT2D eigenvalue weighted by atomic mass is 35.5. The molecule has 1 aromatic carbocycles. The van der Waals surface area contributed by atoms with E-state index in [-0.39, 0.29) is 41.0 Å². The molecule has 3 aromatic heterocycles. The molecule has 0 spiro atoms. The van der Waals surface area contributed by atoms with Crippen LogP contribution in [0.4, 0.5) is 34.9 Å². The minimum atomic E-state index is -4.41. The predicted octanol–water partition coefficient (Wildman–Crippen LogP) is 5.68. The lowest BCUT2D eigenvalue weighted by Gasteiger charge is -2.34. The summed E-state index contributed by atoms with van der Waals surface area (Å²) in [6.07, 6.45) is 1.57. The number of aromatic nitrogens is 4. The third-order valence-corrected chi connectivity index (χ3v) is 6.67. The summed E-state index contributed by atoms with van der Waals surface area (Å²) in [7, 11) is 1.40. The second-order valence-electron chi connectivity index (χ2n) is 9.62. The van der Waals surface area contributed by atoms with Crippen LogP contribution in [0.25, 0.3) is 22.4 Å². The molecule has 5 rings (SSSR count). The van der Waals surface area contributed by atoms with Gasteiger partial charge >= 0.3 is 6.18 Å². The van der Waals surface area contributed by atoms with Gasteiger partial charge in [0, 0.05) is 54.4 Å². The highest BCUT2D eigenvalue weighted by molar-refractivity contribution is 5.85. The molecule has 3 N–H and O–H groups in total. The summed E-state index contributed by atoms with van der Waals surface area (Å²) in [5, 5.41) is 16.6. The first-order valence-electron chi connectivity index (χ1n) is 12.8. The number of piperidine rings is 1. The van der Waals surface area contributed by atoms with E-state index in [2.05, 4.69) is 25.3 Å². The first-order valence-corrected chi connectivity index (χ1v) is 12.8. The average Bonchev–Trinajstić information content (AvgIpc) is 3.39. The predicted molar refractivity (Wildman–Crippen MR) is 152 cm³/mol. The largest absolute Gasteiger partial charge is 0.496 e. The average molecular weight is 603 g/mol. The van der Waals surface area contributed by atoms with Gasteiger partial charge in [0.25, 0.3) is 0 Å². The molecule has 0 bridgehead atoms. The van der Waals surface area contributed by atoms with Gasteiger partial charge in [0.2, 0.25) is 0 Å². The molecular formula is C28H27ClF4N8O. The van der Waals surface area contributed by atoms with Crippen molar-refractivity contribution in [3.8, 4) is 34.2 Å². The SMILES string of the molecule is COc1cccc(F)c1-c1nc(Nc2cc(N3CCC[C@H](N)C3)c(-c3cnn(CC(F)(F)F)c3)cn2)ccc1C#N.Cl. The molecule has 1 saturated heterocycles. The maximum Gasteiger partial charge on any atom is 0.408 e. The lowest BCUT2D eigenvalue weighted by atomic mass is 10.0. The molecular weight excluding hydrogens is 576 g/mol. The molecule has 0 saturated carbocycles. The summed E-state index contributed by atoms with van der Waals surface area (Å²) in [6.45, 7) is 0.0517. The zero-order valence-corrected chi connectivity index (χ0v) is 23.2. The Labute approximate surface area is 245 Å². The Kier molecular flexibility index (Phi) is 9.18. The maximum atomic E-state index is 14.8. The fourth-order valence-electron chi connectivity index (χ4n) is 4.84. The summed E-state index contributed by atoms with van der Waals surface area (Å²) >= 11 is 0. The van der Waals surface area contributed by atoms with E-state index >= 15 is 0 Å². The zero-order valence-electron chi connectivity index (χ0n) is 22.4. The Morgan fingerprint density at radius 1 is 1.19 bits per heavy atom. The van der Waals surface area contributed by atoms with Crippen molar-refractivity contribution in [3.05, 3.63) is 66.4 Å². The standard InChI is InChI=1S/C28H26F4N8O.ClH/c1-41-23-6-2-5-21(29)26(23)27-17(11-33)7-8-24(38-27)37-25-10-22(39-9-3-4-19(34)15-39)20(13-35-25)18-12-36-40(14-18)16-28(30,31)32;/h2,5-8,10,12-14,19H,3-4,9,15-16,34H2,1H3,(H,35,37,38);1H/t19-;/m0./s1. The molecule has 0 radical (unpaired) electrons. The maximum absolute atomic E-state index is 14.8. The van der Waals surface area contributed by atoms with Crippen LogP contribution in [0.1, 0.15) is 18.4 Å². The molecule has 4 aromatic rings. The van der Waals surface area contributed by atoms with Gasteiger partial charge < -0.3 is 20.7 Å². The van der Waals surface area contributed by atoms with E-state index < -0.39 is 18.5 Å². The lowest BCUT2D eigenvalue weighted by Crippen LogP contribution is -2.43. The highest BCUT2D eigenvalue weighted by Gasteiger charge is 2.29. The molecule has 0 aliphatic carbocycles. The Hall–Kier alpha value is -4.41. The van der Waals surface area contributed by atoms with Crippen molar-refractivity contribution < 1.29 is 22.3 Å². The molecule has 14 heteroatoms. The molecule has 0 unspecified atom stereocenters. The fraction of sp³-hybridized carbons (Fsp3) is 0.286. The number of nitrogens with two attached hydrogens (primary N) is 1. The Morgan fingerprint density at radius 2 is 2.00 bits per heavy atom. The number of benzene rings is 1. The van der Waals surface area contributed by atoms with Crippen LogP contribution < -0.4 is 20.7 Å². The van der Waals surface area contributed by atoms with Gasteiger partial charge in [-0.1, -0.05) is 6.07 Å². The quantitative estimate of drug-likeness (QED) is 0.259. The van der Waals surface area contributed by atoms with Crippen molar-refractivity contribution in [2.75, 3.05) is 30.4 Å². The number of nitrogens with zero attached hydrogens (tertiary/aromatic N) is 6. The third kappa shape index (κ3) is 6.72. The minimum absolute atomic E-state index is 0. The van der Waals surface area contributed by atoms with Gasteiger partial charge in [-0.05, 0) is 37.1 Å². The fourth-order valence-corrected chi connectivity index (χ4v) is 4.84. The van der Waals surface area contributed by atoms with Crippen molar-refractivity contribution in [3.63, 3.8) is 0 Å². The van der Waals surface area contributed by atoms with E-state index in [4.69, 9.17) is 10.5 Å². The number of halogens is 5. The van der Waals surface area contributed by atoms with Crippen molar-refractivity contribution in [2.45, 2.75) is 31.6 Å². The van der Waals surface area contributed by atoms with Gasteiger partial charge in [0.15, 0.2) is 0 Å². The van der Waals surface area contributed by atoms with Crippen molar-refractivity contribution in [1.82, 2.24) is 19.7 Å². The van der Waals surface area contributed by atoms with E-state index in [0.29, 0.717) is 41.5 Å². The van der Waals surface area contributed by atoms with Crippen LogP contribution in [-0.2, 0) is 6.54 Å². The third-order valence-electron chi connectivity index (χ3n) is 6.67. The zero-order chi connectivity index (χ0) is 29.1. The molecule has 220 valence electrons. The topological polar surface area (TPSA) is 118 Å². The molecule has 1 aliphatic heterocycles. The molecule has 1 atom stereocenters. The van der Waals surface area contributed by atoms with Crippen molar-refractivity contribution in [1.29, 1.82) is 5.26 Å². The number of hydrogen-bond donors (Lipinski definition) is 2.